The van der Waals surface area contributed by atoms with Crippen LogP contribution in [0.4, 0.5) is 8.78 Å². The summed E-state index contributed by atoms with van der Waals surface area (Å²) in [5.74, 6) is -2.01. The number of halogens is 2. The Morgan fingerprint density at radius 2 is 1.97 bits per heavy atom. The minimum atomic E-state index is -3.51. The summed E-state index contributed by atoms with van der Waals surface area (Å²) >= 11 is 0. The first-order chi connectivity index (χ1) is 14.8. The van der Waals surface area contributed by atoms with Crippen LogP contribution in [0.15, 0.2) is 36.8 Å². The molecular formula is C20H22F2N4O4S. The van der Waals surface area contributed by atoms with Crippen LogP contribution in [0.3, 0.4) is 0 Å². The van der Waals surface area contributed by atoms with E-state index in [1.165, 1.54) is 18.6 Å². The van der Waals surface area contributed by atoms with E-state index in [0.717, 1.165) is 16.8 Å². The van der Waals surface area contributed by atoms with Gasteiger partial charge in [0.05, 0.1) is 30.5 Å². The molecule has 2 heterocycles. The number of methoxy groups -OCH3 is 1. The Balaban J connectivity index is 1.90. The van der Waals surface area contributed by atoms with E-state index in [2.05, 4.69) is 15.3 Å². The molecule has 2 aromatic heterocycles. The summed E-state index contributed by atoms with van der Waals surface area (Å²) in [7, 11) is -1.95. The number of hydrogen-bond donors (Lipinski definition) is 0. The minimum Gasteiger partial charge on any atom is -0.490 e. The van der Waals surface area contributed by atoms with Crippen molar-refractivity contribution >= 4 is 9.84 Å². The molecule has 0 aliphatic carbocycles. The molecule has 31 heavy (non-hydrogen) atoms. The van der Waals surface area contributed by atoms with E-state index in [-0.39, 0.29) is 11.3 Å². The van der Waals surface area contributed by atoms with Gasteiger partial charge >= 0.3 is 0 Å². The number of ether oxygens (including phenoxy) is 2. The van der Waals surface area contributed by atoms with E-state index in [1.807, 2.05) is 0 Å². The van der Waals surface area contributed by atoms with E-state index in [0.29, 0.717) is 36.6 Å². The second kappa shape index (κ2) is 9.92. The van der Waals surface area contributed by atoms with Crippen LogP contribution in [0.2, 0.25) is 0 Å². The van der Waals surface area contributed by atoms with Gasteiger partial charge in [-0.25, -0.2) is 21.9 Å². The van der Waals surface area contributed by atoms with Gasteiger partial charge in [0.25, 0.3) is 0 Å². The summed E-state index contributed by atoms with van der Waals surface area (Å²) in [5.41, 5.74) is 0.219. The first-order valence-corrected chi connectivity index (χ1v) is 11.3. The average Bonchev–Trinajstić information content (AvgIpc) is 3.20. The highest BCUT2D eigenvalue weighted by Gasteiger charge is 2.21. The fraction of sp³-hybridized carbons (Fsp3) is 0.350. The Bertz CT molecular complexity index is 1150. The molecule has 0 amide bonds. The van der Waals surface area contributed by atoms with Gasteiger partial charge in [0.15, 0.2) is 21.5 Å². The number of rotatable bonds is 10. The third-order valence-corrected chi connectivity index (χ3v) is 6.11. The van der Waals surface area contributed by atoms with Gasteiger partial charge in [-0.3, -0.25) is 4.98 Å². The Hall–Kier alpha value is -2.92. The maximum absolute atomic E-state index is 15.0. The molecule has 0 aliphatic rings. The number of benzene rings is 1. The molecule has 3 aromatic rings. The molecule has 0 atom stereocenters. The highest BCUT2D eigenvalue weighted by molar-refractivity contribution is 7.90. The number of hydrogen-bond acceptors (Lipinski definition) is 7. The highest BCUT2D eigenvalue weighted by Crippen LogP contribution is 2.25. The number of nitrogens with zero attached hydrogens (tertiary/aromatic N) is 4. The van der Waals surface area contributed by atoms with Gasteiger partial charge in [-0.15, -0.1) is 5.10 Å². The summed E-state index contributed by atoms with van der Waals surface area (Å²) in [4.78, 5) is 4.07. The van der Waals surface area contributed by atoms with Crippen LogP contribution in [-0.4, -0.2) is 54.5 Å². The van der Waals surface area contributed by atoms with Gasteiger partial charge in [0.1, 0.15) is 23.7 Å². The molecule has 0 unspecified atom stereocenters. The Labute approximate surface area is 178 Å². The molecule has 0 saturated heterocycles. The van der Waals surface area contributed by atoms with E-state index < -0.39 is 32.9 Å². The molecule has 0 bridgehead atoms. The lowest BCUT2D eigenvalue weighted by Crippen LogP contribution is -2.12. The quantitative estimate of drug-likeness (QED) is 0.436. The Morgan fingerprint density at radius 3 is 2.71 bits per heavy atom. The summed E-state index contributed by atoms with van der Waals surface area (Å²) < 4.78 is 64.9. The van der Waals surface area contributed by atoms with Crippen LogP contribution in [0.25, 0.3) is 16.9 Å². The molecule has 0 aliphatic heterocycles. The fourth-order valence-corrected chi connectivity index (χ4v) is 4.37. The third-order valence-electron chi connectivity index (χ3n) is 4.33. The highest BCUT2D eigenvalue weighted by atomic mass is 32.2. The molecule has 3 rings (SSSR count). The third kappa shape index (κ3) is 5.61. The first kappa shape index (κ1) is 22.8. The molecule has 166 valence electrons. The van der Waals surface area contributed by atoms with Crippen LogP contribution in [0.1, 0.15) is 18.9 Å². The van der Waals surface area contributed by atoms with Crippen LogP contribution in [0.5, 0.6) is 5.75 Å². The van der Waals surface area contributed by atoms with Crippen molar-refractivity contribution in [1.29, 1.82) is 0 Å². The van der Waals surface area contributed by atoms with Crippen LogP contribution in [-0.2, 0) is 20.3 Å². The van der Waals surface area contributed by atoms with Crippen molar-refractivity contribution in [2.75, 3.05) is 26.1 Å². The van der Waals surface area contributed by atoms with Crippen molar-refractivity contribution in [3.63, 3.8) is 0 Å². The van der Waals surface area contributed by atoms with Crippen molar-refractivity contribution < 1.29 is 26.7 Å². The molecule has 0 saturated carbocycles. The van der Waals surface area contributed by atoms with Gasteiger partial charge in [0.2, 0.25) is 0 Å². The molecular weight excluding hydrogens is 430 g/mol. The van der Waals surface area contributed by atoms with Gasteiger partial charge in [-0.05, 0) is 18.6 Å². The standard InChI is InChI=1S/C20H22F2N4O4S/c1-3-8-31(27,28)13-14-4-5-17(21)20(19(14)22)26-12-18(24-25-26)15-9-16(11-23-10-15)30-7-6-29-2/h4-5,9-12H,3,6-8,13H2,1-2H3. The van der Waals surface area contributed by atoms with E-state index >= 15 is 4.39 Å². The molecule has 11 heteroatoms. The molecule has 8 nitrogen and oxygen atoms in total. The first-order valence-electron chi connectivity index (χ1n) is 9.51. The maximum atomic E-state index is 15.0. The predicted molar refractivity (Wildman–Crippen MR) is 110 cm³/mol. The second-order valence-electron chi connectivity index (χ2n) is 6.76. The molecule has 0 fully saturated rings. The average molecular weight is 452 g/mol. The summed E-state index contributed by atoms with van der Waals surface area (Å²) in [6.45, 7) is 2.45. The topological polar surface area (TPSA) is 96.2 Å². The van der Waals surface area contributed by atoms with E-state index in [9.17, 15) is 12.8 Å². The lowest BCUT2D eigenvalue weighted by Gasteiger charge is -2.09. The van der Waals surface area contributed by atoms with Crippen molar-refractivity contribution in [3.8, 4) is 22.7 Å². The monoisotopic (exact) mass is 452 g/mol. The smallest absolute Gasteiger partial charge is 0.156 e. The molecule has 0 radical (unpaired) electrons. The number of pyridine rings is 1. The zero-order chi connectivity index (χ0) is 22.4. The van der Waals surface area contributed by atoms with Gasteiger partial charge in [0, 0.05) is 24.4 Å². The molecule has 0 spiro atoms. The summed E-state index contributed by atoms with van der Waals surface area (Å²) in [5, 5.41) is 7.77. The fourth-order valence-electron chi connectivity index (χ4n) is 2.91. The van der Waals surface area contributed by atoms with Crippen LogP contribution >= 0.6 is 0 Å². The molecule has 1 aromatic carbocycles. The normalized spacial score (nSPS) is 11.6. The summed E-state index contributed by atoms with van der Waals surface area (Å²) in [6.07, 6.45) is 4.77. The van der Waals surface area contributed by atoms with Crippen LogP contribution in [0, 0.1) is 11.6 Å². The Kier molecular flexibility index (Phi) is 7.29. The zero-order valence-corrected chi connectivity index (χ0v) is 17.9. The van der Waals surface area contributed by atoms with Crippen LogP contribution < -0.4 is 4.74 Å². The van der Waals surface area contributed by atoms with Gasteiger partial charge in [-0.2, -0.15) is 0 Å². The van der Waals surface area contributed by atoms with Crippen molar-refractivity contribution in [2.45, 2.75) is 19.1 Å². The van der Waals surface area contributed by atoms with Gasteiger partial charge < -0.3 is 9.47 Å². The van der Waals surface area contributed by atoms with Gasteiger partial charge in [-0.1, -0.05) is 18.2 Å². The van der Waals surface area contributed by atoms with Crippen molar-refractivity contribution in [3.05, 3.63) is 54.0 Å². The summed E-state index contributed by atoms with van der Waals surface area (Å²) in [6, 6.07) is 3.81. The largest absolute Gasteiger partial charge is 0.490 e. The van der Waals surface area contributed by atoms with Crippen molar-refractivity contribution in [1.82, 2.24) is 20.0 Å². The zero-order valence-electron chi connectivity index (χ0n) is 17.1. The predicted octanol–water partition coefficient (Wildman–Crippen LogP) is 2.96. The van der Waals surface area contributed by atoms with E-state index in [1.54, 1.807) is 20.1 Å². The lowest BCUT2D eigenvalue weighted by molar-refractivity contribution is 0.146. The second-order valence-corrected chi connectivity index (χ2v) is 8.94. The molecule has 0 N–H and O–H groups in total. The van der Waals surface area contributed by atoms with Crippen molar-refractivity contribution in [2.24, 2.45) is 0 Å². The SMILES string of the molecule is CCCS(=O)(=O)Cc1ccc(F)c(-n2cc(-c3cncc(OCCOC)c3)nn2)c1F. The number of aromatic nitrogens is 4. The lowest BCUT2D eigenvalue weighted by atomic mass is 10.2. The maximum Gasteiger partial charge on any atom is 0.156 e. The number of sulfone groups is 1. The van der Waals surface area contributed by atoms with E-state index in [4.69, 9.17) is 9.47 Å². The minimum absolute atomic E-state index is 0.0809. The Morgan fingerprint density at radius 1 is 1.16 bits per heavy atom.